The van der Waals surface area contributed by atoms with Crippen molar-refractivity contribution < 1.29 is 4.74 Å². The van der Waals surface area contributed by atoms with E-state index in [2.05, 4.69) is 20.8 Å². The maximum Gasteiger partial charge on any atom is 0.0625 e. The van der Waals surface area contributed by atoms with Crippen molar-refractivity contribution in [3.63, 3.8) is 0 Å². The highest BCUT2D eigenvalue weighted by molar-refractivity contribution is 4.71. The van der Waals surface area contributed by atoms with Crippen LogP contribution in [0.5, 0.6) is 0 Å². The van der Waals surface area contributed by atoms with Crippen molar-refractivity contribution in [3.8, 4) is 0 Å². The van der Waals surface area contributed by atoms with Crippen LogP contribution in [0.4, 0.5) is 0 Å². The first-order chi connectivity index (χ1) is 5.02. The first-order valence-electron chi connectivity index (χ1n) is 4.27. The van der Waals surface area contributed by atoms with E-state index in [1.807, 2.05) is 0 Å². The number of ether oxygens (including phenoxy) is 1. The highest BCUT2D eigenvalue weighted by atomic mass is 16.5. The fourth-order valence-corrected chi connectivity index (χ4v) is 1.31. The molecule has 0 spiro atoms. The SMILES string of the molecule is COC(C)(C)CC(C)CCN. The monoisotopic (exact) mass is 159 g/mol. The van der Waals surface area contributed by atoms with Crippen LogP contribution in [-0.4, -0.2) is 19.3 Å². The second-order valence-electron chi connectivity index (χ2n) is 3.85. The van der Waals surface area contributed by atoms with Gasteiger partial charge in [0.15, 0.2) is 0 Å². The fourth-order valence-electron chi connectivity index (χ4n) is 1.31. The van der Waals surface area contributed by atoms with Crippen LogP contribution >= 0.6 is 0 Å². The summed E-state index contributed by atoms with van der Waals surface area (Å²) in [5.74, 6) is 0.662. The van der Waals surface area contributed by atoms with Gasteiger partial charge in [0.2, 0.25) is 0 Å². The lowest BCUT2D eigenvalue weighted by Gasteiger charge is -2.26. The molecule has 0 aliphatic carbocycles. The molecule has 0 aromatic rings. The lowest BCUT2D eigenvalue weighted by Crippen LogP contribution is -2.26. The van der Waals surface area contributed by atoms with E-state index in [9.17, 15) is 0 Å². The molecule has 0 radical (unpaired) electrons. The van der Waals surface area contributed by atoms with Gasteiger partial charge in [0.1, 0.15) is 0 Å². The quantitative estimate of drug-likeness (QED) is 0.663. The van der Waals surface area contributed by atoms with Crippen molar-refractivity contribution in [2.24, 2.45) is 11.7 Å². The summed E-state index contributed by atoms with van der Waals surface area (Å²) in [5.41, 5.74) is 5.46. The van der Waals surface area contributed by atoms with Gasteiger partial charge in [-0.15, -0.1) is 0 Å². The molecule has 0 fully saturated rings. The smallest absolute Gasteiger partial charge is 0.0625 e. The molecule has 1 atom stereocenters. The Labute approximate surface area is 70.1 Å². The minimum atomic E-state index is 0.00852. The van der Waals surface area contributed by atoms with E-state index in [1.54, 1.807) is 7.11 Å². The maximum atomic E-state index is 5.45. The summed E-state index contributed by atoms with van der Waals surface area (Å²) in [7, 11) is 1.76. The van der Waals surface area contributed by atoms with E-state index >= 15 is 0 Å². The number of hydrogen-bond donors (Lipinski definition) is 1. The van der Waals surface area contributed by atoms with Crippen LogP contribution in [-0.2, 0) is 4.74 Å². The third-order valence-corrected chi connectivity index (χ3v) is 2.05. The summed E-state index contributed by atoms with van der Waals surface area (Å²) in [6.07, 6.45) is 2.17. The van der Waals surface area contributed by atoms with Crippen molar-refractivity contribution in [1.29, 1.82) is 0 Å². The highest BCUT2D eigenvalue weighted by Gasteiger charge is 2.19. The average Bonchev–Trinajstić information content (AvgIpc) is 1.87. The molecule has 0 rings (SSSR count). The first kappa shape index (κ1) is 10.9. The molecule has 0 aliphatic rings. The molecule has 11 heavy (non-hydrogen) atoms. The van der Waals surface area contributed by atoms with Gasteiger partial charge < -0.3 is 10.5 Å². The molecule has 0 aromatic heterocycles. The summed E-state index contributed by atoms with van der Waals surface area (Å²) in [6, 6.07) is 0. The normalized spacial score (nSPS) is 15.0. The molecule has 2 heteroatoms. The Morgan fingerprint density at radius 2 is 2.00 bits per heavy atom. The minimum Gasteiger partial charge on any atom is -0.379 e. The summed E-state index contributed by atoms with van der Waals surface area (Å²) in [6.45, 7) is 7.22. The summed E-state index contributed by atoms with van der Waals surface area (Å²) < 4.78 is 5.31. The molecule has 0 aromatic carbocycles. The predicted molar refractivity (Wildman–Crippen MR) is 48.5 cm³/mol. The Balaban J connectivity index is 3.64. The van der Waals surface area contributed by atoms with Gasteiger partial charge in [0, 0.05) is 7.11 Å². The Hall–Kier alpha value is -0.0800. The number of methoxy groups -OCH3 is 1. The number of rotatable bonds is 5. The lowest BCUT2D eigenvalue weighted by molar-refractivity contribution is 0.00329. The first-order valence-corrected chi connectivity index (χ1v) is 4.27. The molecule has 0 bridgehead atoms. The topological polar surface area (TPSA) is 35.2 Å². The van der Waals surface area contributed by atoms with E-state index < -0.39 is 0 Å². The van der Waals surface area contributed by atoms with Crippen molar-refractivity contribution in [3.05, 3.63) is 0 Å². The van der Waals surface area contributed by atoms with Gasteiger partial charge in [-0.25, -0.2) is 0 Å². The van der Waals surface area contributed by atoms with Gasteiger partial charge in [0.05, 0.1) is 5.60 Å². The minimum absolute atomic E-state index is 0.00852. The second kappa shape index (κ2) is 4.73. The van der Waals surface area contributed by atoms with E-state index in [0.29, 0.717) is 5.92 Å². The largest absolute Gasteiger partial charge is 0.379 e. The van der Waals surface area contributed by atoms with Crippen molar-refractivity contribution in [2.75, 3.05) is 13.7 Å². The van der Waals surface area contributed by atoms with Crippen LogP contribution in [0.15, 0.2) is 0 Å². The molecule has 1 unspecified atom stereocenters. The third-order valence-electron chi connectivity index (χ3n) is 2.05. The Bertz CT molecular complexity index is 102. The van der Waals surface area contributed by atoms with Crippen molar-refractivity contribution in [2.45, 2.75) is 39.2 Å². The van der Waals surface area contributed by atoms with Crippen LogP contribution in [0.1, 0.15) is 33.6 Å². The zero-order chi connectivity index (χ0) is 8.91. The predicted octanol–water partition coefficient (Wildman–Crippen LogP) is 1.79. The molecule has 68 valence electrons. The molecule has 0 saturated carbocycles. The van der Waals surface area contributed by atoms with Crippen LogP contribution in [0, 0.1) is 5.92 Å². The number of hydrogen-bond acceptors (Lipinski definition) is 2. The van der Waals surface area contributed by atoms with Crippen molar-refractivity contribution in [1.82, 2.24) is 0 Å². The summed E-state index contributed by atoms with van der Waals surface area (Å²) in [4.78, 5) is 0. The van der Waals surface area contributed by atoms with Gasteiger partial charge in [0.25, 0.3) is 0 Å². The van der Waals surface area contributed by atoms with Gasteiger partial charge in [-0.2, -0.15) is 0 Å². The third kappa shape index (κ3) is 5.22. The van der Waals surface area contributed by atoms with Gasteiger partial charge in [-0.3, -0.25) is 0 Å². The molecule has 2 N–H and O–H groups in total. The van der Waals surface area contributed by atoms with Gasteiger partial charge in [-0.1, -0.05) is 6.92 Å². The van der Waals surface area contributed by atoms with E-state index in [-0.39, 0.29) is 5.60 Å². The molecule has 0 saturated heterocycles. The van der Waals surface area contributed by atoms with E-state index in [4.69, 9.17) is 10.5 Å². The van der Waals surface area contributed by atoms with Crippen molar-refractivity contribution >= 4 is 0 Å². The van der Waals surface area contributed by atoms with Crippen LogP contribution in [0.25, 0.3) is 0 Å². The van der Waals surface area contributed by atoms with Crippen LogP contribution in [0.2, 0.25) is 0 Å². The molecular weight excluding hydrogens is 138 g/mol. The molecular formula is C9H21NO. The maximum absolute atomic E-state index is 5.45. The zero-order valence-corrected chi connectivity index (χ0v) is 8.18. The van der Waals surface area contributed by atoms with Crippen LogP contribution in [0.3, 0.4) is 0 Å². The zero-order valence-electron chi connectivity index (χ0n) is 8.18. The Kier molecular flexibility index (Phi) is 4.69. The standard InChI is InChI=1S/C9H21NO/c1-8(5-6-10)7-9(2,3)11-4/h8H,5-7,10H2,1-4H3. The van der Waals surface area contributed by atoms with E-state index in [1.165, 1.54) is 0 Å². The lowest BCUT2D eigenvalue weighted by atomic mass is 9.92. The second-order valence-corrected chi connectivity index (χ2v) is 3.85. The van der Waals surface area contributed by atoms with Crippen LogP contribution < -0.4 is 5.73 Å². The summed E-state index contributed by atoms with van der Waals surface area (Å²) >= 11 is 0. The molecule has 2 nitrogen and oxygen atoms in total. The van der Waals surface area contributed by atoms with Gasteiger partial charge >= 0.3 is 0 Å². The Morgan fingerprint density at radius 1 is 1.45 bits per heavy atom. The molecule has 0 aliphatic heterocycles. The molecule has 0 heterocycles. The molecule has 0 amide bonds. The Morgan fingerprint density at radius 3 is 2.36 bits per heavy atom. The van der Waals surface area contributed by atoms with E-state index in [0.717, 1.165) is 19.4 Å². The van der Waals surface area contributed by atoms with Gasteiger partial charge in [-0.05, 0) is 39.2 Å². The fraction of sp³-hybridized carbons (Fsp3) is 1.00. The average molecular weight is 159 g/mol. The number of nitrogens with two attached hydrogens (primary N) is 1. The summed E-state index contributed by atoms with van der Waals surface area (Å²) in [5, 5.41) is 0. The highest BCUT2D eigenvalue weighted by Crippen LogP contribution is 2.20.